The zero-order valence-corrected chi connectivity index (χ0v) is 22.3. The SMILES string of the molecule is C/C(=C\C(NC(=O)C(NC(=O)C1CCCCN1C(C)C)C(C)C)C(C)C)C(=O)Nc1ccncc1. The summed E-state index contributed by atoms with van der Waals surface area (Å²) in [5, 5.41) is 8.92. The number of piperidine rings is 1. The van der Waals surface area contributed by atoms with Crippen molar-refractivity contribution in [1.82, 2.24) is 20.5 Å². The highest BCUT2D eigenvalue weighted by Crippen LogP contribution is 2.20. The molecule has 1 aromatic heterocycles. The first-order chi connectivity index (χ1) is 16.5. The molecular weight excluding hydrogens is 442 g/mol. The van der Waals surface area contributed by atoms with Crippen molar-refractivity contribution in [2.75, 3.05) is 11.9 Å². The van der Waals surface area contributed by atoms with Gasteiger partial charge in [0, 0.05) is 29.7 Å². The van der Waals surface area contributed by atoms with Gasteiger partial charge in [-0.15, -0.1) is 0 Å². The predicted octanol–water partition coefficient (Wildman–Crippen LogP) is 3.51. The van der Waals surface area contributed by atoms with E-state index < -0.39 is 6.04 Å². The maximum Gasteiger partial charge on any atom is 0.251 e. The van der Waals surface area contributed by atoms with Crippen molar-refractivity contribution in [2.45, 2.75) is 91.9 Å². The molecule has 3 unspecified atom stereocenters. The Kier molecular flexibility index (Phi) is 10.9. The first kappa shape index (κ1) is 28.5. The summed E-state index contributed by atoms with van der Waals surface area (Å²) < 4.78 is 0. The molecule has 0 aromatic carbocycles. The van der Waals surface area contributed by atoms with Gasteiger partial charge in [-0.1, -0.05) is 40.2 Å². The molecular formula is C27H43N5O3. The molecule has 8 nitrogen and oxygen atoms in total. The number of pyridine rings is 1. The van der Waals surface area contributed by atoms with Crippen molar-refractivity contribution in [3.05, 3.63) is 36.2 Å². The molecule has 1 aliphatic heterocycles. The average Bonchev–Trinajstić information content (AvgIpc) is 2.81. The lowest BCUT2D eigenvalue weighted by molar-refractivity contribution is -0.134. The Morgan fingerprint density at radius 3 is 2.23 bits per heavy atom. The third-order valence-electron chi connectivity index (χ3n) is 6.51. The Morgan fingerprint density at radius 2 is 1.66 bits per heavy atom. The van der Waals surface area contributed by atoms with Crippen LogP contribution in [0.2, 0.25) is 0 Å². The molecule has 2 rings (SSSR count). The van der Waals surface area contributed by atoms with Gasteiger partial charge in [-0.2, -0.15) is 0 Å². The Hall–Kier alpha value is -2.74. The summed E-state index contributed by atoms with van der Waals surface area (Å²) in [6, 6.07) is 2.49. The van der Waals surface area contributed by atoms with Crippen molar-refractivity contribution in [2.24, 2.45) is 11.8 Å². The zero-order valence-electron chi connectivity index (χ0n) is 22.3. The molecule has 0 aliphatic carbocycles. The van der Waals surface area contributed by atoms with Gasteiger partial charge in [0.25, 0.3) is 5.91 Å². The number of hydrogen-bond donors (Lipinski definition) is 3. The summed E-state index contributed by atoms with van der Waals surface area (Å²) in [6.45, 7) is 14.7. The topological polar surface area (TPSA) is 103 Å². The minimum atomic E-state index is -0.654. The number of carbonyl (C=O) groups excluding carboxylic acids is 3. The van der Waals surface area contributed by atoms with Crippen LogP contribution in [-0.4, -0.2) is 58.3 Å². The van der Waals surface area contributed by atoms with E-state index in [4.69, 9.17) is 0 Å². The average molecular weight is 486 g/mol. The van der Waals surface area contributed by atoms with Crippen LogP contribution in [0.5, 0.6) is 0 Å². The van der Waals surface area contributed by atoms with E-state index in [-0.39, 0.29) is 47.7 Å². The van der Waals surface area contributed by atoms with E-state index in [1.54, 1.807) is 37.5 Å². The van der Waals surface area contributed by atoms with Crippen LogP contribution in [0.4, 0.5) is 5.69 Å². The molecule has 3 atom stereocenters. The fourth-order valence-electron chi connectivity index (χ4n) is 4.30. The third-order valence-corrected chi connectivity index (χ3v) is 6.51. The Balaban J connectivity index is 2.09. The number of amides is 3. The summed E-state index contributed by atoms with van der Waals surface area (Å²) >= 11 is 0. The monoisotopic (exact) mass is 485 g/mol. The number of nitrogens with one attached hydrogen (secondary N) is 3. The highest BCUT2D eigenvalue weighted by molar-refractivity contribution is 6.03. The molecule has 35 heavy (non-hydrogen) atoms. The summed E-state index contributed by atoms with van der Waals surface area (Å²) in [5.41, 5.74) is 1.16. The van der Waals surface area contributed by atoms with Gasteiger partial charge < -0.3 is 16.0 Å². The van der Waals surface area contributed by atoms with Gasteiger partial charge in [-0.05, 0) is 64.1 Å². The Morgan fingerprint density at radius 1 is 1.00 bits per heavy atom. The fourth-order valence-corrected chi connectivity index (χ4v) is 4.30. The second kappa shape index (κ2) is 13.4. The fraction of sp³-hybridized carbons (Fsp3) is 0.630. The van der Waals surface area contributed by atoms with Crippen LogP contribution in [0.25, 0.3) is 0 Å². The van der Waals surface area contributed by atoms with Crippen molar-refractivity contribution < 1.29 is 14.4 Å². The third kappa shape index (κ3) is 8.46. The number of anilines is 1. The van der Waals surface area contributed by atoms with Crippen molar-refractivity contribution in [3.8, 4) is 0 Å². The molecule has 8 heteroatoms. The number of nitrogens with zero attached hydrogens (tertiary/aromatic N) is 2. The quantitative estimate of drug-likeness (QED) is 0.440. The van der Waals surface area contributed by atoms with E-state index >= 15 is 0 Å². The number of hydrogen-bond acceptors (Lipinski definition) is 5. The van der Waals surface area contributed by atoms with Crippen LogP contribution in [0.1, 0.15) is 67.7 Å². The molecule has 194 valence electrons. The molecule has 1 aliphatic rings. The lowest BCUT2D eigenvalue weighted by Gasteiger charge is -2.38. The van der Waals surface area contributed by atoms with Gasteiger partial charge in [-0.3, -0.25) is 24.3 Å². The van der Waals surface area contributed by atoms with E-state index in [9.17, 15) is 14.4 Å². The molecule has 1 fully saturated rings. The van der Waals surface area contributed by atoms with Gasteiger partial charge in [0.1, 0.15) is 6.04 Å². The predicted molar refractivity (Wildman–Crippen MR) is 140 cm³/mol. The molecule has 1 saturated heterocycles. The lowest BCUT2D eigenvalue weighted by Crippen LogP contribution is -2.58. The zero-order chi connectivity index (χ0) is 26.1. The van der Waals surface area contributed by atoms with Crippen molar-refractivity contribution in [3.63, 3.8) is 0 Å². The molecule has 0 saturated carbocycles. The second-order valence-electron chi connectivity index (χ2n) is 10.4. The summed E-state index contributed by atoms with van der Waals surface area (Å²) in [5.74, 6) is -0.589. The molecule has 0 bridgehead atoms. The number of likely N-dealkylation sites (tertiary alicyclic amines) is 1. The van der Waals surface area contributed by atoms with Gasteiger partial charge >= 0.3 is 0 Å². The summed E-state index contributed by atoms with van der Waals surface area (Å²) in [7, 11) is 0. The maximum absolute atomic E-state index is 13.3. The second-order valence-corrected chi connectivity index (χ2v) is 10.4. The summed E-state index contributed by atoms with van der Waals surface area (Å²) in [6.07, 6.45) is 7.91. The van der Waals surface area contributed by atoms with Gasteiger partial charge in [-0.25, -0.2) is 0 Å². The molecule has 1 aromatic rings. The van der Waals surface area contributed by atoms with Gasteiger partial charge in [0.05, 0.1) is 12.1 Å². The molecule has 0 radical (unpaired) electrons. The molecule has 2 heterocycles. The van der Waals surface area contributed by atoms with E-state index in [0.717, 1.165) is 25.8 Å². The number of rotatable bonds is 10. The first-order valence-electron chi connectivity index (χ1n) is 12.8. The van der Waals surface area contributed by atoms with Crippen LogP contribution in [0.3, 0.4) is 0 Å². The minimum absolute atomic E-state index is 0.0564. The van der Waals surface area contributed by atoms with Gasteiger partial charge in [0.2, 0.25) is 11.8 Å². The van der Waals surface area contributed by atoms with E-state index in [1.165, 1.54) is 0 Å². The largest absolute Gasteiger partial charge is 0.348 e. The highest BCUT2D eigenvalue weighted by Gasteiger charge is 2.34. The maximum atomic E-state index is 13.3. The molecule has 0 spiro atoms. The van der Waals surface area contributed by atoms with Gasteiger partial charge in [0.15, 0.2) is 0 Å². The van der Waals surface area contributed by atoms with Crippen LogP contribution < -0.4 is 16.0 Å². The van der Waals surface area contributed by atoms with Crippen LogP contribution in [0.15, 0.2) is 36.2 Å². The van der Waals surface area contributed by atoms with Crippen molar-refractivity contribution in [1.29, 1.82) is 0 Å². The Bertz CT molecular complexity index is 882. The summed E-state index contributed by atoms with van der Waals surface area (Å²) in [4.78, 5) is 45.3. The Labute approximate surface area is 210 Å². The van der Waals surface area contributed by atoms with E-state index in [0.29, 0.717) is 11.3 Å². The van der Waals surface area contributed by atoms with Crippen molar-refractivity contribution >= 4 is 23.4 Å². The van der Waals surface area contributed by atoms with E-state index in [2.05, 4.69) is 39.7 Å². The number of aromatic nitrogens is 1. The minimum Gasteiger partial charge on any atom is -0.348 e. The smallest absolute Gasteiger partial charge is 0.251 e. The van der Waals surface area contributed by atoms with Crippen LogP contribution in [0, 0.1) is 11.8 Å². The van der Waals surface area contributed by atoms with E-state index in [1.807, 2.05) is 27.7 Å². The lowest BCUT2D eigenvalue weighted by atomic mass is 9.96. The molecule has 3 N–H and O–H groups in total. The highest BCUT2D eigenvalue weighted by atomic mass is 16.2. The standard InChI is InChI=1S/C27H43N5O3/c1-17(2)22(16-20(7)25(33)29-21-11-13-28-14-12-21)30-27(35)24(18(3)4)31-26(34)23-10-8-9-15-32(23)19(5)6/h11-14,16-19,22-24H,8-10,15H2,1-7H3,(H,30,35)(H,31,34)(H,28,29,33)/b20-16+. The van der Waals surface area contributed by atoms with Crippen LogP contribution in [-0.2, 0) is 14.4 Å². The normalized spacial score (nSPS) is 18.9. The number of carbonyl (C=O) groups is 3. The van der Waals surface area contributed by atoms with Crippen LogP contribution >= 0.6 is 0 Å². The first-order valence-corrected chi connectivity index (χ1v) is 12.8. The molecule has 3 amide bonds.